The fourth-order valence-electron chi connectivity index (χ4n) is 1.67. The first kappa shape index (κ1) is 15.9. The highest BCUT2D eigenvalue weighted by Crippen LogP contribution is 2.27. The number of nitrogens with zero attached hydrogens (tertiary/aromatic N) is 1. The molecule has 1 aromatic heterocycles. The number of primary sulfonamides is 1. The summed E-state index contributed by atoms with van der Waals surface area (Å²) in [5, 5.41) is 8.04. The van der Waals surface area contributed by atoms with Crippen molar-refractivity contribution in [1.82, 2.24) is 4.98 Å². The van der Waals surface area contributed by atoms with Gasteiger partial charge in [0.25, 0.3) is 5.91 Å². The van der Waals surface area contributed by atoms with Crippen molar-refractivity contribution < 1.29 is 13.2 Å². The summed E-state index contributed by atoms with van der Waals surface area (Å²) in [4.78, 5) is 16.1. The second-order valence-corrected chi connectivity index (χ2v) is 7.54. The van der Waals surface area contributed by atoms with Crippen LogP contribution in [0.3, 0.4) is 0 Å². The highest BCUT2D eigenvalue weighted by Gasteiger charge is 2.19. The number of carbonyl (C=O) groups excluding carboxylic acids is 1. The van der Waals surface area contributed by atoms with Crippen molar-refractivity contribution in [1.29, 1.82) is 0 Å². The first-order valence-electron chi connectivity index (χ1n) is 5.76. The molecule has 9 heteroatoms. The lowest BCUT2D eigenvalue weighted by Crippen LogP contribution is -2.12. The smallest absolute Gasteiger partial charge is 0.258 e. The predicted molar refractivity (Wildman–Crippen MR) is 82.4 cm³/mol. The molecular weight excluding hydrogens is 334 g/mol. The molecule has 0 saturated heterocycles. The number of nitrogens with one attached hydrogen (secondary N) is 1. The minimum absolute atomic E-state index is 0.0761. The van der Waals surface area contributed by atoms with E-state index in [-0.39, 0.29) is 20.6 Å². The van der Waals surface area contributed by atoms with Gasteiger partial charge in [0.15, 0.2) is 9.34 Å². The minimum Gasteiger partial charge on any atom is -0.298 e. The molecule has 2 rings (SSSR count). The number of halogens is 1. The van der Waals surface area contributed by atoms with Crippen molar-refractivity contribution in [2.75, 3.05) is 5.32 Å². The molecule has 0 aliphatic heterocycles. The Morgan fingerprint density at radius 2 is 2.05 bits per heavy atom. The average molecular weight is 346 g/mol. The van der Waals surface area contributed by atoms with Gasteiger partial charge in [-0.05, 0) is 31.5 Å². The van der Waals surface area contributed by atoms with Crippen molar-refractivity contribution in [3.05, 3.63) is 40.0 Å². The molecule has 2 aromatic rings. The van der Waals surface area contributed by atoms with E-state index in [0.717, 1.165) is 16.9 Å². The number of aryl methyl sites for hydroxylation is 2. The highest BCUT2D eigenvalue weighted by molar-refractivity contribution is 7.91. The SMILES string of the molecule is Cc1ccc(C(=O)Nc2nc(C)c(S(N)(=O)=O)s2)c(Cl)c1. The van der Waals surface area contributed by atoms with Gasteiger partial charge >= 0.3 is 0 Å². The molecule has 0 spiro atoms. The van der Waals surface area contributed by atoms with E-state index in [9.17, 15) is 13.2 Å². The van der Waals surface area contributed by atoms with E-state index >= 15 is 0 Å². The Morgan fingerprint density at radius 3 is 2.57 bits per heavy atom. The van der Waals surface area contributed by atoms with Crippen LogP contribution in [0.1, 0.15) is 21.6 Å². The van der Waals surface area contributed by atoms with Gasteiger partial charge in [-0.2, -0.15) is 0 Å². The summed E-state index contributed by atoms with van der Waals surface area (Å²) in [5.74, 6) is -0.463. The number of nitrogens with two attached hydrogens (primary N) is 1. The molecule has 3 N–H and O–H groups in total. The predicted octanol–water partition coefficient (Wildman–Crippen LogP) is 2.31. The van der Waals surface area contributed by atoms with Crippen LogP contribution < -0.4 is 10.5 Å². The van der Waals surface area contributed by atoms with E-state index in [1.54, 1.807) is 18.2 Å². The maximum Gasteiger partial charge on any atom is 0.258 e. The van der Waals surface area contributed by atoms with Crippen LogP contribution in [0.4, 0.5) is 5.13 Å². The molecule has 0 radical (unpaired) electrons. The number of anilines is 1. The topological polar surface area (TPSA) is 102 Å². The molecule has 0 fully saturated rings. The fraction of sp³-hybridized carbons (Fsp3) is 0.167. The summed E-state index contributed by atoms with van der Waals surface area (Å²) in [6, 6.07) is 5.01. The van der Waals surface area contributed by atoms with Crippen LogP contribution in [0.2, 0.25) is 5.02 Å². The van der Waals surface area contributed by atoms with E-state index in [2.05, 4.69) is 10.3 Å². The van der Waals surface area contributed by atoms with Gasteiger partial charge in [0.05, 0.1) is 16.3 Å². The third-order valence-corrected chi connectivity index (χ3v) is 5.54. The lowest BCUT2D eigenvalue weighted by Gasteiger charge is -2.04. The summed E-state index contributed by atoms with van der Waals surface area (Å²) in [5.41, 5.74) is 1.46. The standard InChI is InChI=1S/C12H12ClN3O3S2/c1-6-3-4-8(9(13)5-6)10(17)16-12-15-7(2)11(20-12)21(14,18)19/h3-5H,1-2H3,(H2,14,18,19)(H,15,16,17). The molecule has 0 aliphatic rings. The summed E-state index contributed by atoms with van der Waals surface area (Å²) >= 11 is 6.81. The zero-order valence-corrected chi connectivity index (χ0v) is 13.6. The fourth-order valence-corrected chi connectivity index (χ4v) is 3.84. The van der Waals surface area contributed by atoms with Gasteiger partial charge < -0.3 is 0 Å². The first-order chi connectivity index (χ1) is 9.68. The van der Waals surface area contributed by atoms with E-state index < -0.39 is 15.9 Å². The summed E-state index contributed by atoms with van der Waals surface area (Å²) < 4.78 is 22.6. The summed E-state index contributed by atoms with van der Waals surface area (Å²) in [6.45, 7) is 3.36. The number of aromatic nitrogens is 1. The maximum atomic E-state index is 12.1. The molecule has 0 aliphatic carbocycles. The third kappa shape index (κ3) is 3.59. The van der Waals surface area contributed by atoms with Crippen LogP contribution in [-0.2, 0) is 10.0 Å². The Kier molecular flexibility index (Phi) is 4.33. The second-order valence-electron chi connectivity index (χ2n) is 4.37. The zero-order chi connectivity index (χ0) is 15.8. The van der Waals surface area contributed by atoms with Gasteiger partial charge in [-0.25, -0.2) is 18.5 Å². The first-order valence-corrected chi connectivity index (χ1v) is 8.50. The van der Waals surface area contributed by atoms with Gasteiger partial charge in [0.2, 0.25) is 10.0 Å². The van der Waals surface area contributed by atoms with Crippen molar-refractivity contribution in [3.63, 3.8) is 0 Å². The van der Waals surface area contributed by atoms with E-state index in [4.69, 9.17) is 16.7 Å². The Labute approximate surface area is 131 Å². The number of benzene rings is 1. The van der Waals surface area contributed by atoms with Crippen LogP contribution in [0.15, 0.2) is 22.4 Å². The number of thiazole rings is 1. The van der Waals surface area contributed by atoms with Crippen molar-refractivity contribution in [2.45, 2.75) is 18.1 Å². The summed E-state index contributed by atoms with van der Waals surface area (Å²) in [7, 11) is -3.85. The Morgan fingerprint density at radius 1 is 1.38 bits per heavy atom. The van der Waals surface area contributed by atoms with Gasteiger partial charge in [-0.3, -0.25) is 10.1 Å². The molecule has 6 nitrogen and oxygen atoms in total. The van der Waals surface area contributed by atoms with Crippen molar-refractivity contribution in [3.8, 4) is 0 Å². The molecule has 112 valence electrons. The zero-order valence-electron chi connectivity index (χ0n) is 11.2. The normalized spacial score (nSPS) is 11.4. The average Bonchev–Trinajstić information content (AvgIpc) is 2.69. The monoisotopic (exact) mass is 345 g/mol. The number of sulfonamides is 1. The Balaban J connectivity index is 2.28. The molecule has 21 heavy (non-hydrogen) atoms. The largest absolute Gasteiger partial charge is 0.298 e. The van der Waals surface area contributed by atoms with Crippen molar-refractivity contribution in [2.24, 2.45) is 5.14 Å². The van der Waals surface area contributed by atoms with Gasteiger partial charge in [-0.15, -0.1) is 0 Å². The van der Waals surface area contributed by atoms with Crippen LogP contribution in [-0.4, -0.2) is 19.3 Å². The van der Waals surface area contributed by atoms with E-state index in [0.29, 0.717) is 5.02 Å². The van der Waals surface area contributed by atoms with E-state index in [1.165, 1.54) is 6.92 Å². The lowest BCUT2D eigenvalue weighted by molar-refractivity contribution is 0.102. The minimum atomic E-state index is -3.85. The molecular formula is C12H12ClN3O3S2. The number of rotatable bonds is 3. The van der Waals surface area contributed by atoms with Crippen molar-refractivity contribution >= 4 is 44.0 Å². The molecule has 0 bridgehead atoms. The van der Waals surface area contributed by atoms with Crippen LogP contribution >= 0.6 is 22.9 Å². The quantitative estimate of drug-likeness (QED) is 0.890. The number of hydrogen-bond acceptors (Lipinski definition) is 5. The molecule has 1 aromatic carbocycles. The Hall–Kier alpha value is -1.48. The second kappa shape index (κ2) is 5.72. The molecule has 0 atom stereocenters. The van der Waals surface area contributed by atoms with Crippen LogP contribution in [0.25, 0.3) is 0 Å². The van der Waals surface area contributed by atoms with E-state index in [1.807, 2.05) is 6.92 Å². The van der Waals surface area contributed by atoms with Gasteiger partial charge in [-0.1, -0.05) is 29.0 Å². The van der Waals surface area contributed by atoms with Gasteiger partial charge in [0, 0.05) is 0 Å². The Bertz CT molecular complexity index is 815. The highest BCUT2D eigenvalue weighted by atomic mass is 35.5. The van der Waals surface area contributed by atoms with Gasteiger partial charge in [0.1, 0.15) is 0 Å². The number of hydrogen-bond donors (Lipinski definition) is 2. The number of amides is 1. The molecule has 0 saturated carbocycles. The maximum absolute atomic E-state index is 12.1. The third-order valence-electron chi connectivity index (χ3n) is 2.60. The summed E-state index contributed by atoms with van der Waals surface area (Å²) in [6.07, 6.45) is 0. The van der Waals surface area contributed by atoms with Crippen LogP contribution in [0, 0.1) is 13.8 Å². The van der Waals surface area contributed by atoms with Crippen LogP contribution in [0.5, 0.6) is 0 Å². The molecule has 1 heterocycles. The lowest BCUT2D eigenvalue weighted by atomic mass is 10.1. The molecule has 1 amide bonds. The number of carbonyl (C=O) groups is 1. The molecule has 0 unspecified atom stereocenters.